The van der Waals surface area contributed by atoms with Gasteiger partial charge in [-0.25, -0.2) is 0 Å². The number of halogens is 2. The van der Waals surface area contributed by atoms with Crippen molar-refractivity contribution in [1.29, 1.82) is 0 Å². The molecule has 0 atom stereocenters. The van der Waals surface area contributed by atoms with Crippen LogP contribution in [0.4, 0.5) is 5.82 Å². The fraction of sp³-hybridized carbons (Fsp3) is 0.429. The average molecular weight is 332 g/mol. The molecule has 0 aliphatic heterocycles. The average Bonchev–Trinajstić information content (AvgIpc) is 2.31. The Morgan fingerprint density at radius 3 is 2.86 bits per heavy atom. The Labute approximate surface area is 102 Å². The number of aromatic nitrogens is 2. The number of rotatable bonds is 3. The van der Waals surface area contributed by atoms with E-state index >= 15 is 0 Å². The normalized spacial score (nSPS) is 9.29. The molecule has 0 aliphatic rings. The summed E-state index contributed by atoms with van der Waals surface area (Å²) in [5.41, 5.74) is 5.50. The maximum atomic E-state index is 11.0. The quantitative estimate of drug-likeness (QED) is 0.664. The minimum absolute atomic E-state index is 0. The highest BCUT2D eigenvalue weighted by Gasteiger charge is 2.06. The minimum Gasteiger partial charge on any atom is -0.465 e. The largest absolute Gasteiger partial charge is 0.465 e. The van der Waals surface area contributed by atoms with Crippen LogP contribution in [0.1, 0.15) is 6.92 Å². The molecule has 0 saturated heterocycles. The Bertz CT molecular complexity index is 296. The summed E-state index contributed by atoms with van der Waals surface area (Å²) in [6, 6.07) is 0. The van der Waals surface area contributed by atoms with Gasteiger partial charge < -0.3 is 10.5 Å². The highest BCUT2D eigenvalue weighted by molar-refractivity contribution is 14.1. The molecule has 0 radical (unpaired) electrons. The Morgan fingerprint density at radius 2 is 2.43 bits per heavy atom. The van der Waals surface area contributed by atoms with Crippen LogP contribution in [0.3, 0.4) is 0 Å². The van der Waals surface area contributed by atoms with E-state index in [1.165, 1.54) is 4.68 Å². The zero-order chi connectivity index (χ0) is 9.84. The van der Waals surface area contributed by atoms with Gasteiger partial charge in [-0.2, -0.15) is 5.10 Å². The lowest BCUT2D eigenvalue weighted by molar-refractivity contribution is -0.144. The molecule has 80 valence electrons. The summed E-state index contributed by atoms with van der Waals surface area (Å²) >= 11 is 2.05. The monoisotopic (exact) mass is 331 g/mol. The maximum absolute atomic E-state index is 11.0. The van der Waals surface area contributed by atoms with Gasteiger partial charge in [0, 0.05) is 6.20 Å². The van der Waals surface area contributed by atoms with E-state index in [2.05, 4.69) is 27.7 Å². The highest BCUT2D eigenvalue weighted by Crippen LogP contribution is 2.10. The number of hydrogen-bond donors (Lipinski definition) is 1. The number of nitrogens with zero attached hydrogens (tertiary/aromatic N) is 2. The van der Waals surface area contributed by atoms with Crippen LogP contribution >= 0.6 is 35.0 Å². The topological polar surface area (TPSA) is 70.1 Å². The summed E-state index contributed by atoms with van der Waals surface area (Å²) in [4.78, 5) is 11.0. The predicted molar refractivity (Wildman–Crippen MR) is 63.2 cm³/mol. The third-order valence-corrected chi connectivity index (χ3v) is 2.17. The summed E-state index contributed by atoms with van der Waals surface area (Å²) in [7, 11) is 0. The number of nitrogen functional groups attached to an aromatic ring is 1. The summed E-state index contributed by atoms with van der Waals surface area (Å²) < 4.78 is 7.05. The van der Waals surface area contributed by atoms with Crippen molar-refractivity contribution >= 4 is 46.8 Å². The van der Waals surface area contributed by atoms with Crippen molar-refractivity contribution in [3.8, 4) is 0 Å². The lowest BCUT2D eigenvalue weighted by Crippen LogP contribution is -2.13. The van der Waals surface area contributed by atoms with Crippen molar-refractivity contribution in [3.63, 3.8) is 0 Å². The first-order chi connectivity index (χ1) is 6.13. The molecule has 0 bridgehead atoms. The van der Waals surface area contributed by atoms with Gasteiger partial charge in [0.05, 0.1) is 10.2 Å². The van der Waals surface area contributed by atoms with E-state index < -0.39 is 0 Å². The maximum Gasteiger partial charge on any atom is 0.327 e. The van der Waals surface area contributed by atoms with Crippen LogP contribution in [-0.2, 0) is 16.1 Å². The summed E-state index contributed by atoms with van der Waals surface area (Å²) in [6.07, 6.45) is 1.70. The lowest BCUT2D eigenvalue weighted by atomic mass is 10.6. The van der Waals surface area contributed by atoms with Gasteiger partial charge in [0.15, 0.2) is 5.82 Å². The van der Waals surface area contributed by atoms with E-state index in [1.807, 2.05) is 0 Å². The zero-order valence-electron chi connectivity index (χ0n) is 7.57. The van der Waals surface area contributed by atoms with Crippen molar-refractivity contribution in [1.82, 2.24) is 9.78 Å². The van der Waals surface area contributed by atoms with Gasteiger partial charge in [-0.1, -0.05) is 0 Å². The van der Waals surface area contributed by atoms with Crippen LogP contribution in [0.5, 0.6) is 0 Å². The fourth-order valence-electron chi connectivity index (χ4n) is 0.832. The van der Waals surface area contributed by atoms with E-state index in [0.717, 1.165) is 3.57 Å². The van der Waals surface area contributed by atoms with Crippen molar-refractivity contribution in [2.24, 2.45) is 0 Å². The first-order valence-electron chi connectivity index (χ1n) is 3.77. The molecule has 1 aromatic rings. The van der Waals surface area contributed by atoms with Crippen LogP contribution < -0.4 is 5.73 Å². The molecule has 7 heteroatoms. The van der Waals surface area contributed by atoms with E-state index in [-0.39, 0.29) is 24.9 Å². The number of esters is 1. The van der Waals surface area contributed by atoms with E-state index in [4.69, 9.17) is 10.5 Å². The Balaban J connectivity index is 0.00000169. The molecule has 0 aromatic carbocycles. The van der Waals surface area contributed by atoms with Gasteiger partial charge in [0.2, 0.25) is 0 Å². The molecular formula is C7H11ClIN3O2. The minimum atomic E-state index is -0.304. The molecule has 0 fully saturated rings. The number of carbonyl (C=O) groups is 1. The second-order valence-corrected chi connectivity index (χ2v) is 3.53. The van der Waals surface area contributed by atoms with Crippen LogP contribution in [-0.4, -0.2) is 22.4 Å². The lowest BCUT2D eigenvalue weighted by Gasteiger charge is -2.00. The number of hydrogen-bond acceptors (Lipinski definition) is 4. The van der Waals surface area contributed by atoms with Gasteiger partial charge in [0.25, 0.3) is 0 Å². The molecule has 0 aliphatic carbocycles. The van der Waals surface area contributed by atoms with Crippen LogP contribution in [0, 0.1) is 3.57 Å². The summed E-state index contributed by atoms with van der Waals surface area (Å²) in [5.74, 6) is 0.131. The second-order valence-electron chi connectivity index (χ2n) is 2.36. The van der Waals surface area contributed by atoms with E-state index in [1.54, 1.807) is 13.1 Å². The standard InChI is InChI=1S/C7H10IN3O2.ClH/c1-2-13-6(12)4-11-3-5(8)7(9)10-11;/h3H,2,4H2,1H3,(H2,9,10);1H. The molecule has 1 heterocycles. The molecular weight excluding hydrogens is 320 g/mol. The SMILES string of the molecule is CCOC(=O)Cn1cc(I)c(N)n1.Cl. The molecule has 2 N–H and O–H groups in total. The molecule has 1 rings (SSSR count). The predicted octanol–water partition coefficient (Wildman–Crippen LogP) is 1.05. The van der Waals surface area contributed by atoms with Gasteiger partial charge in [-0.05, 0) is 29.5 Å². The van der Waals surface area contributed by atoms with Crippen LogP contribution in [0.25, 0.3) is 0 Å². The molecule has 0 amide bonds. The fourth-order valence-corrected chi connectivity index (χ4v) is 1.26. The highest BCUT2D eigenvalue weighted by atomic mass is 127. The van der Waals surface area contributed by atoms with Crippen molar-refractivity contribution in [2.75, 3.05) is 12.3 Å². The third-order valence-electron chi connectivity index (χ3n) is 1.34. The number of anilines is 1. The number of carbonyl (C=O) groups excluding carboxylic acids is 1. The second kappa shape index (κ2) is 6.07. The van der Waals surface area contributed by atoms with Crippen molar-refractivity contribution < 1.29 is 9.53 Å². The first kappa shape index (κ1) is 13.5. The summed E-state index contributed by atoms with van der Waals surface area (Å²) in [5, 5.41) is 3.92. The smallest absolute Gasteiger partial charge is 0.327 e. The Kier molecular flexibility index (Phi) is 5.86. The molecule has 5 nitrogen and oxygen atoms in total. The Hall–Kier alpha value is -0.500. The number of nitrogens with two attached hydrogens (primary N) is 1. The zero-order valence-corrected chi connectivity index (χ0v) is 10.5. The Morgan fingerprint density at radius 1 is 1.79 bits per heavy atom. The van der Waals surface area contributed by atoms with Crippen LogP contribution in [0.15, 0.2) is 6.20 Å². The molecule has 14 heavy (non-hydrogen) atoms. The van der Waals surface area contributed by atoms with Crippen LogP contribution in [0.2, 0.25) is 0 Å². The van der Waals surface area contributed by atoms with E-state index in [0.29, 0.717) is 12.4 Å². The molecule has 0 saturated carbocycles. The van der Waals surface area contributed by atoms with Gasteiger partial charge in [-0.15, -0.1) is 12.4 Å². The van der Waals surface area contributed by atoms with Crippen molar-refractivity contribution in [2.45, 2.75) is 13.5 Å². The summed E-state index contributed by atoms with van der Waals surface area (Å²) in [6.45, 7) is 2.26. The number of ether oxygens (including phenoxy) is 1. The van der Waals surface area contributed by atoms with Gasteiger partial charge in [0.1, 0.15) is 6.54 Å². The van der Waals surface area contributed by atoms with Gasteiger partial charge in [-0.3, -0.25) is 9.48 Å². The third kappa shape index (κ3) is 3.70. The van der Waals surface area contributed by atoms with Gasteiger partial charge >= 0.3 is 5.97 Å². The first-order valence-corrected chi connectivity index (χ1v) is 4.85. The molecule has 1 aromatic heterocycles. The van der Waals surface area contributed by atoms with E-state index in [9.17, 15) is 4.79 Å². The molecule has 0 spiro atoms. The molecule has 0 unspecified atom stereocenters. The van der Waals surface area contributed by atoms with Crippen molar-refractivity contribution in [3.05, 3.63) is 9.77 Å².